The Morgan fingerprint density at radius 3 is 2.14 bits per heavy atom. The zero-order valence-corrected chi connectivity index (χ0v) is 21.2. The molecule has 0 saturated carbocycles. The number of esters is 2. The van der Waals surface area contributed by atoms with Crippen LogP contribution in [-0.2, 0) is 38.2 Å². The monoisotopic (exact) mass is 514 g/mol. The highest BCUT2D eigenvalue weighted by Gasteiger charge is 2.41. The zero-order valence-electron chi connectivity index (χ0n) is 21.2. The van der Waals surface area contributed by atoms with Gasteiger partial charge in [0.15, 0.2) is 0 Å². The molecular formula is C28H29F3N2O4. The minimum atomic E-state index is -4.51. The summed E-state index contributed by atoms with van der Waals surface area (Å²) in [6.45, 7) is 3.57. The van der Waals surface area contributed by atoms with Gasteiger partial charge in [0, 0.05) is 38.1 Å². The molecule has 1 unspecified atom stereocenters. The Bertz CT molecular complexity index is 1260. The summed E-state index contributed by atoms with van der Waals surface area (Å²) >= 11 is 0. The summed E-state index contributed by atoms with van der Waals surface area (Å²) in [6, 6.07) is 12.7. The highest BCUT2D eigenvalue weighted by atomic mass is 19.4. The van der Waals surface area contributed by atoms with Crippen LogP contribution in [0.4, 0.5) is 13.2 Å². The highest BCUT2D eigenvalue weighted by molar-refractivity contribution is 5.99. The summed E-state index contributed by atoms with van der Waals surface area (Å²) in [5.74, 6) is -2.27. The van der Waals surface area contributed by atoms with Crippen LogP contribution in [0.15, 0.2) is 71.1 Å². The molecule has 2 aliphatic heterocycles. The first-order valence-corrected chi connectivity index (χ1v) is 11.9. The van der Waals surface area contributed by atoms with E-state index < -0.39 is 29.6 Å². The van der Waals surface area contributed by atoms with Gasteiger partial charge in [0.2, 0.25) is 0 Å². The van der Waals surface area contributed by atoms with Crippen molar-refractivity contribution in [1.82, 2.24) is 9.80 Å². The maximum atomic E-state index is 13.3. The molecule has 0 N–H and O–H groups in total. The number of allylic oxidation sites excluding steroid dienone is 1. The van der Waals surface area contributed by atoms with Gasteiger partial charge in [0.05, 0.1) is 36.8 Å². The third-order valence-corrected chi connectivity index (χ3v) is 7.15. The Labute approximate surface area is 214 Å². The van der Waals surface area contributed by atoms with Crippen molar-refractivity contribution >= 4 is 11.9 Å². The van der Waals surface area contributed by atoms with E-state index >= 15 is 0 Å². The topological polar surface area (TPSA) is 59.1 Å². The Hall–Kier alpha value is -3.59. The highest BCUT2D eigenvalue weighted by Crippen LogP contribution is 2.43. The second kappa shape index (κ2) is 10.4. The molecule has 9 heteroatoms. The SMILES string of the molecule is COC(=O)C1=C(C)N(C)C(CN2CCc3ccccc3C2)=C(C(=O)OC)C1c1ccc(C(F)(F)F)cc1. The first kappa shape index (κ1) is 26.5. The number of rotatable bonds is 5. The van der Waals surface area contributed by atoms with Crippen LogP contribution in [0.5, 0.6) is 0 Å². The molecule has 0 radical (unpaired) electrons. The summed E-state index contributed by atoms with van der Waals surface area (Å²) in [6.07, 6.45) is -3.66. The molecule has 4 rings (SSSR count). The summed E-state index contributed by atoms with van der Waals surface area (Å²) in [5, 5.41) is 0. The molecule has 0 saturated heterocycles. The quantitative estimate of drug-likeness (QED) is 0.541. The average Bonchev–Trinajstić information content (AvgIpc) is 2.89. The van der Waals surface area contributed by atoms with Crippen molar-refractivity contribution in [3.05, 3.63) is 93.3 Å². The number of methoxy groups -OCH3 is 2. The summed E-state index contributed by atoms with van der Waals surface area (Å²) in [7, 11) is 4.24. The molecule has 0 aromatic heterocycles. The lowest BCUT2D eigenvalue weighted by molar-refractivity contribution is -0.138. The lowest BCUT2D eigenvalue weighted by Gasteiger charge is -2.39. The molecular weight excluding hydrogens is 485 g/mol. The van der Waals surface area contributed by atoms with Crippen LogP contribution >= 0.6 is 0 Å². The van der Waals surface area contributed by atoms with Crippen molar-refractivity contribution in [1.29, 1.82) is 0 Å². The fourth-order valence-electron chi connectivity index (χ4n) is 5.09. The maximum absolute atomic E-state index is 13.3. The van der Waals surface area contributed by atoms with Crippen molar-refractivity contribution < 1.29 is 32.2 Å². The van der Waals surface area contributed by atoms with Crippen molar-refractivity contribution in [3.8, 4) is 0 Å². The van der Waals surface area contributed by atoms with E-state index in [9.17, 15) is 22.8 Å². The number of carbonyl (C=O) groups is 2. The Balaban J connectivity index is 1.83. The Kier molecular flexibility index (Phi) is 7.45. The van der Waals surface area contributed by atoms with Crippen LogP contribution in [0, 0.1) is 0 Å². The van der Waals surface area contributed by atoms with Crippen LogP contribution in [-0.4, -0.2) is 56.1 Å². The van der Waals surface area contributed by atoms with Crippen LogP contribution in [0.2, 0.25) is 0 Å². The van der Waals surface area contributed by atoms with Crippen molar-refractivity contribution in [2.45, 2.75) is 32.0 Å². The first-order valence-electron chi connectivity index (χ1n) is 11.9. The number of ether oxygens (including phenoxy) is 2. The summed E-state index contributed by atoms with van der Waals surface area (Å²) in [5.41, 5.74) is 3.59. The Morgan fingerprint density at radius 2 is 1.54 bits per heavy atom. The molecule has 0 amide bonds. The van der Waals surface area contributed by atoms with Crippen LogP contribution in [0.3, 0.4) is 0 Å². The molecule has 2 aliphatic rings. The molecule has 2 aromatic carbocycles. The molecule has 0 spiro atoms. The standard InChI is InChI=1S/C28H29F3N2O4/c1-17-23(26(34)36-3)24(19-9-11-21(12-10-19)28(29,30)31)25(27(35)37-4)22(32(17)2)16-33-14-13-18-7-5-6-8-20(18)15-33/h5-12,24H,13-16H2,1-4H3. The van der Waals surface area contributed by atoms with E-state index in [1.807, 2.05) is 12.1 Å². The minimum absolute atomic E-state index is 0.179. The van der Waals surface area contributed by atoms with E-state index in [-0.39, 0.29) is 11.1 Å². The van der Waals surface area contributed by atoms with E-state index in [2.05, 4.69) is 17.0 Å². The predicted molar refractivity (Wildman–Crippen MR) is 131 cm³/mol. The van der Waals surface area contributed by atoms with Gasteiger partial charge in [-0.05, 0) is 42.2 Å². The number of likely N-dealkylation sites (N-methyl/N-ethyl adjacent to an activating group) is 1. The fraction of sp³-hybridized carbons (Fsp3) is 0.357. The number of hydrogen-bond donors (Lipinski definition) is 0. The molecule has 0 fully saturated rings. The largest absolute Gasteiger partial charge is 0.466 e. The molecule has 2 aromatic rings. The van der Waals surface area contributed by atoms with Gasteiger partial charge in [-0.2, -0.15) is 13.2 Å². The maximum Gasteiger partial charge on any atom is 0.416 e. The van der Waals surface area contributed by atoms with Crippen LogP contribution in [0.25, 0.3) is 0 Å². The molecule has 2 heterocycles. The molecule has 0 aliphatic carbocycles. The normalized spacial score (nSPS) is 18.6. The van der Waals surface area contributed by atoms with Gasteiger partial charge in [-0.25, -0.2) is 9.59 Å². The lowest BCUT2D eigenvalue weighted by Crippen LogP contribution is -2.40. The number of nitrogens with zero attached hydrogens (tertiary/aromatic N) is 2. The second-order valence-electron chi connectivity index (χ2n) is 9.18. The summed E-state index contributed by atoms with van der Waals surface area (Å²) < 4.78 is 49.9. The van der Waals surface area contributed by atoms with Crippen molar-refractivity contribution in [3.63, 3.8) is 0 Å². The zero-order chi connectivity index (χ0) is 26.9. The number of benzene rings is 2. The summed E-state index contributed by atoms with van der Waals surface area (Å²) in [4.78, 5) is 30.2. The number of alkyl halides is 3. The number of halogens is 3. The van der Waals surface area contributed by atoms with Gasteiger partial charge < -0.3 is 14.4 Å². The minimum Gasteiger partial charge on any atom is -0.466 e. The fourth-order valence-corrected chi connectivity index (χ4v) is 5.09. The molecule has 37 heavy (non-hydrogen) atoms. The van der Waals surface area contributed by atoms with Crippen molar-refractivity contribution in [2.75, 3.05) is 34.4 Å². The van der Waals surface area contributed by atoms with E-state index in [1.165, 1.54) is 37.5 Å². The first-order chi connectivity index (χ1) is 17.6. The van der Waals surface area contributed by atoms with Crippen LogP contribution < -0.4 is 0 Å². The number of fused-ring (bicyclic) bond motifs is 1. The van der Waals surface area contributed by atoms with E-state index in [1.54, 1.807) is 18.9 Å². The molecule has 1 atom stereocenters. The van der Waals surface area contributed by atoms with Gasteiger partial charge in [-0.15, -0.1) is 0 Å². The third-order valence-electron chi connectivity index (χ3n) is 7.15. The molecule has 6 nitrogen and oxygen atoms in total. The van der Waals surface area contributed by atoms with Gasteiger partial charge in [0.25, 0.3) is 0 Å². The van der Waals surface area contributed by atoms with E-state index in [4.69, 9.17) is 9.47 Å². The lowest BCUT2D eigenvalue weighted by atomic mass is 9.79. The van der Waals surface area contributed by atoms with Gasteiger partial charge >= 0.3 is 18.1 Å². The smallest absolute Gasteiger partial charge is 0.416 e. The number of hydrogen-bond acceptors (Lipinski definition) is 6. The second-order valence-corrected chi connectivity index (χ2v) is 9.18. The third kappa shape index (κ3) is 5.13. The van der Waals surface area contributed by atoms with Gasteiger partial charge in [-0.3, -0.25) is 4.90 Å². The number of carbonyl (C=O) groups excluding carboxylic acids is 2. The Morgan fingerprint density at radius 1 is 0.946 bits per heavy atom. The van der Waals surface area contributed by atoms with E-state index in [0.717, 1.165) is 25.1 Å². The molecule has 0 bridgehead atoms. The van der Waals surface area contributed by atoms with Gasteiger partial charge in [-0.1, -0.05) is 36.4 Å². The van der Waals surface area contributed by atoms with E-state index in [0.29, 0.717) is 30.0 Å². The predicted octanol–water partition coefficient (Wildman–Crippen LogP) is 4.67. The van der Waals surface area contributed by atoms with Crippen LogP contribution in [0.1, 0.15) is 35.1 Å². The van der Waals surface area contributed by atoms with Crippen molar-refractivity contribution in [2.24, 2.45) is 0 Å². The van der Waals surface area contributed by atoms with Gasteiger partial charge in [0.1, 0.15) is 0 Å². The molecule has 196 valence electrons. The average molecular weight is 515 g/mol.